The largest absolute Gasteiger partial charge is 0.493 e. The lowest BCUT2D eigenvalue weighted by Gasteiger charge is -2.04. The normalized spacial score (nSPS) is 12.5. The van der Waals surface area contributed by atoms with Gasteiger partial charge in [0.2, 0.25) is 5.88 Å². The Balaban J connectivity index is 1.82. The lowest BCUT2D eigenvalue weighted by molar-refractivity contribution is 0.441. The van der Waals surface area contributed by atoms with E-state index in [4.69, 9.17) is 12.2 Å². The number of rotatable bonds is 2. The van der Waals surface area contributed by atoms with Crippen molar-refractivity contribution in [3.8, 4) is 11.6 Å². The number of para-hydroxylation sites is 2. The third-order valence-corrected chi connectivity index (χ3v) is 4.80. The van der Waals surface area contributed by atoms with Gasteiger partial charge in [-0.25, -0.2) is 14.4 Å². The number of halogens is 1. The van der Waals surface area contributed by atoms with Crippen LogP contribution in [0, 0.1) is 9.77 Å². The summed E-state index contributed by atoms with van der Waals surface area (Å²) in [6, 6.07) is 13.4. The molecule has 0 aliphatic carbocycles. The molecule has 0 amide bonds. The highest BCUT2D eigenvalue weighted by Crippen LogP contribution is 2.32. The molecule has 0 fully saturated rings. The van der Waals surface area contributed by atoms with E-state index in [9.17, 15) is 9.50 Å². The van der Waals surface area contributed by atoms with Crippen LogP contribution in [0.1, 0.15) is 4.88 Å². The molecule has 1 aliphatic heterocycles. The van der Waals surface area contributed by atoms with Gasteiger partial charge in [0.1, 0.15) is 5.82 Å². The van der Waals surface area contributed by atoms with Crippen LogP contribution in [0.3, 0.4) is 0 Å². The van der Waals surface area contributed by atoms with Gasteiger partial charge in [-0.2, -0.15) is 0 Å². The molecule has 3 aromatic rings. The molecule has 7 heteroatoms. The number of hydrogen-bond donors (Lipinski definition) is 1. The molecule has 0 saturated heterocycles. The van der Waals surface area contributed by atoms with Crippen molar-refractivity contribution < 1.29 is 9.50 Å². The van der Waals surface area contributed by atoms with Crippen LogP contribution in [0.15, 0.2) is 64.3 Å². The smallest absolute Gasteiger partial charge is 0.215 e. The summed E-state index contributed by atoms with van der Waals surface area (Å²) in [7, 11) is 0. The topological polar surface area (TPSA) is 49.9 Å². The molecule has 1 aromatic heterocycles. The van der Waals surface area contributed by atoms with Gasteiger partial charge in [-0.05, 0) is 42.5 Å². The maximum Gasteiger partial charge on any atom is 0.215 e. The number of hydrogen-bond acceptors (Lipinski definition) is 5. The minimum atomic E-state index is -0.392. The van der Waals surface area contributed by atoms with Gasteiger partial charge in [-0.1, -0.05) is 18.2 Å². The molecule has 2 heterocycles. The lowest BCUT2D eigenvalue weighted by atomic mass is 10.3. The lowest BCUT2D eigenvalue weighted by Crippen LogP contribution is -2.19. The van der Waals surface area contributed by atoms with E-state index in [1.54, 1.807) is 18.2 Å². The summed E-state index contributed by atoms with van der Waals surface area (Å²) in [5, 5.41) is 12.1. The molecular weight excluding hydrogens is 345 g/mol. The number of thiazole rings is 1. The summed E-state index contributed by atoms with van der Waals surface area (Å²) >= 11 is 6.52. The Morgan fingerprint density at radius 1 is 1.08 bits per heavy atom. The number of aromatic nitrogens is 1. The molecule has 24 heavy (non-hydrogen) atoms. The molecule has 0 atom stereocenters. The third-order valence-electron chi connectivity index (χ3n) is 3.49. The average Bonchev–Trinajstić information content (AvgIpc) is 3.08. The Morgan fingerprint density at radius 2 is 1.79 bits per heavy atom. The standard InChI is InChI=1S/C17H10FN3OS2/c18-10-4-3-5-11(8-10)21-16(22)14(24-17(21)23)9-15-19-12-6-1-2-7-13(12)20-15/h1-9,22H. The van der Waals surface area contributed by atoms with Crippen molar-refractivity contribution in [2.45, 2.75) is 0 Å². The number of fused-ring (bicyclic) bond motifs is 1. The maximum atomic E-state index is 13.4. The molecule has 0 bridgehead atoms. The van der Waals surface area contributed by atoms with Crippen LogP contribution in [0.25, 0.3) is 11.8 Å². The molecule has 4 rings (SSSR count). The zero-order valence-corrected chi connectivity index (χ0v) is 13.8. The van der Waals surface area contributed by atoms with E-state index in [-0.39, 0.29) is 5.88 Å². The number of benzene rings is 2. The van der Waals surface area contributed by atoms with Crippen LogP contribution < -0.4 is 10.7 Å². The molecule has 118 valence electrons. The van der Waals surface area contributed by atoms with Gasteiger partial charge in [0.15, 0.2) is 9.78 Å². The second kappa shape index (κ2) is 5.77. The zero-order chi connectivity index (χ0) is 16.7. The minimum Gasteiger partial charge on any atom is -0.493 e. The summed E-state index contributed by atoms with van der Waals surface area (Å²) in [6.45, 7) is 0. The predicted molar refractivity (Wildman–Crippen MR) is 92.8 cm³/mol. The first-order chi connectivity index (χ1) is 11.6. The van der Waals surface area contributed by atoms with E-state index in [2.05, 4.69) is 9.98 Å². The van der Waals surface area contributed by atoms with E-state index in [0.717, 1.165) is 10.7 Å². The average molecular weight is 355 g/mol. The van der Waals surface area contributed by atoms with Crippen molar-refractivity contribution in [2.75, 3.05) is 0 Å². The SMILES string of the molecule is Oc1c(C=C2N=c3ccccc3=N2)sc(=S)n1-c1cccc(F)c1. The summed E-state index contributed by atoms with van der Waals surface area (Å²) < 4.78 is 15.3. The molecule has 0 radical (unpaired) electrons. The monoisotopic (exact) mass is 355 g/mol. The highest BCUT2D eigenvalue weighted by Gasteiger charge is 2.14. The first-order valence-electron chi connectivity index (χ1n) is 7.07. The van der Waals surface area contributed by atoms with Crippen LogP contribution in [-0.2, 0) is 0 Å². The van der Waals surface area contributed by atoms with Crippen molar-refractivity contribution in [3.05, 3.63) is 79.7 Å². The van der Waals surface area contributed by atoms with Crippen molar-refractivity contribution in [3.63, 3.8) is 0 Å². The first kappa shape index (κ1) is 14.9. The molecule has 2 aromatic carbocycles. The molecule has 1 N–H and O–H groups in total. The van der Waals surface area contributed by atoms with Crippen LogP contribution >= 0.6 is 23.6 Å². The van der Waals surface area contributed by atoms with Crippen LogP contribution in [0.4, 0.5) is 4.39 Å². The van der Waals surface area contributed by atoms with E-state index < -0.39 is 5.82 Å². The Bertz CT molecular complexity index is 1120. The van der Waals surface area contributed by atoms with Gasteiger partial charge in [0.05, 0.1) is 21.3 Å². The van der Waals surface area contributed by atoms with Crippen LogP contribution in [0.2, 0.25) is 0 Å². The quantitative estimate of drug-likeness (QED) is 0.717. The number of nitrogens with zero attached hydrogens (tertiary/aromatic N) is 3. The Morgan fingerprint density at radius 3 is 2.46 bits per heavy atom. The molecule has 4 nitrogen and oxygen atoms in total. The van der Waals surface area contributed by atoms with Crippen molar-refractivity contribution in [1.29, 1.82) is 0 Å². The molecule has 0 saturated carbocycles. The Labute approximate surface area is 145 Å². The zero-order valence-electron chi connectivity index (χ0n) is 12.2. The molecule has 0 unspecified atom stereocenters. The van der Waals surface area contributed by atoms with Gasteiger partial charge >= 0.3 is 0 Å². The van der Waals surface area contributed by atoms with Gasteiger partial charge < -0.3 is 5.11 Å². The van der Waals surface area contributed by atoms with Crippen molar-refractivity contribution in [1.82, 2.24) is 4.57 Å². The van der Waals surface area contributed by atoms with Crippen LogP contribution in [-0.4, -0.2) is 9.67 Å². The highest BCUT2D eigenvalue weighted by molar-refractivity contribution is 7.73. The van der Waals surface area contributed by atoms with Gasteiger partial charge in [-0.3, -0.25) is 4.57 Å². The summed E-state index contributed by atoms with van der Waals surface area (Å²) in [4.78, 5) is 9.33. The van der Waals surface area contributed by atoms with Gasteiger partial charge in [0.25, 0.3) is 0 Å². The van der Waals surface area contributed by atoms with Gasteiger partial charge in [0, 0.05) is 6.08 Å². The third kappa shape index (κ3) is 2.57. The summed E-state index contributed by atoms with van der Waals surface area (Å²) in [6.07, 6.45) is 1.67. The number of aromatic hydroxyl groups is 1. The fourth-order valence-corrected chi connectivity index (χ4v) is 3.71. The van der Waals surface area contributed by atoms with Gasteiger partial charge in [-0.15, -0.1) is 11.3 Å². The van der Waals surface area contributed by atoms with E-state index in [1.807, 2.05) is 24.3 Å². The summed E-state index contributed by atoms with van der Waals surface area (Å²) in [5.74, 6) is 0.0507. The highest BCUT2D eigenvalue weighted by atomic mass is 32.1. The predicted octanol–water partition coefficient (Wildman–Crippen LogP) is 3.36. The van der Waals surface area contributed by atoms with Crippen LogP contribution in [0.5, 0.6) is 5.88 Å². The Kier molecular flexibility index (Phi) is 3.59. The van der Waals surface area contributed by atoms with E-state index in [1.165, 1.54) is 28.0 Å². The molecule has 0 spiro atoms. The van der Waals surface area contributed by atoms with E-state index >= 15 is 0 Å². The minimum absolute atomic E-state index is 0.0514. The molecule has 1 aliphatic rings. The summed E-state index contributed by atoms with van der Waals surface area (Å²) in [5.41, 5.74) is 0.474. The maximum absolute atomic E-state index is 13.4. The first-order valence-corrected chi connectivity index (χ1v) is 8.29. The van der Waals surface area contributed by atoms with E-state index in [0.29, 0.717) is 20.3 Å². The fourth-order valence-electron chi connectivity index (χ4n) is 2.43. The van der Waals surface area contributed by atoms with Crippen molar-refractivity contribution in [2.24, 2.45) is 9.98 Å². The second-order valence-corrected chi connectivity index (χ2v) is 6.76. The Hall–Kier alpha value is -2.64. The second-order valence-electron chi connectivity index (χ2n) is 5.09. The van der Waals surface area contributed by atoms with Crippen molar-refractivity contribution >= 4 is 29.6 Å². The fraction of sp³-hybridized carbons (Fsp3) is 0. The molecular formula is C17H10FN3OS2.